The van der Waals surface area contributed by atoms with E-state index in [2.05, 4.69) is 131 Å². The van der Waals surface area contributed by atoms with Crippen LogP contribution in [0.4, 0.5) is 23.3 Å². The number of nitrogens with one attached hydrogen (secondary N) is 4. The van der Waals surface area contributed by atoms with Crippen LogP contribution in [0, 0.1) is 47.3 Å². The number of H-pyrrole nitrogens is 4. The molecule has 410 valence electrons. The number of nitrogens with zero attached hydrogens (tertiary/aromatic N) is 4. The van der Waals surface area contributed by atoms with Crippen LogP contribution >= 0.6 is 0 Å². The Hall–Kier alpha value is -7.55. The number of benzene rings is 4. The van der Waals surface area contributed by atoms with Gasteiger partial charge < -0.3 is 38.9 Å². The van der Waals surface area contributed by atoms with Crippen LogP contribution in [0.25, 0.3) is 43.1 Å². The monoisotopic (exact) mass is 1060 g/mol. The Morgan fingerprint density at radius 3 is 1.04 bits per heavy atom. The lowest BCUT2D eigenvalue weighted by Crippen LogP contribution is -2.34. The van der Waals surface area contributed by atoms with Gasteiger partial charge in [0.15, 0.2) is 30.4 Å². The molecule has 15 nitrogen and oxygen atoms in total. The summed E-state index contributed by atoms with van der Waals surface area (Å²) in [6.07, 6.45) is 0.359. The zero-order valence-corrected chi connectivity index (χ0v) is 48.0. The highest BCUT2D eigenvalue weighted by molar-refractivity contribution is 6.16. The van der Waals surface area contributed by atoms with Gasteiger partial charge in [0.1, 0.15) is 69.6 Å². The fourth-order valence-electron chi connectivity index (χ4n) is 11.7. The van der Waals surface area contributed by atoms with Gasteiger partial charge in [-0.1, -0.05) is 159 Å². The van der Waals surface area contributed by atoms with Gasteiger partial charge >= 0.3 is 0 Å². The number of carbonyl (C=O) groups excluding carboxylic acids is 3. The van der Waals surface area contributed by atoms with Crippen molar-refractivity contribution in [2.45, 2.75) is 135 Å². The van der Waals surface area contributed by atoms with E-state index in [1.807, 2.05) is 48.5 Å². The third kappa shape index (κ3) is 10.0. The predicted octanol–water partition coefficient (Wildman–Crippen LogP) is 13.4. The van der Waals surface area contributed by atoms with E-state index in [0.717, 1.165) is 21.5 Å². The van der Waals surface area contributed by atoms with Gasteiger partial charge in [-0.25, -0.2) is 20.0 Å². The van der Waals surface area contributed by atoms with Crippen molar-refractivity contribution < 1.29 is 33.3 Å². The lowest BCUT2D eigenvalue weighted by atomic mass is 9.94. The number of hydrogen-bond donors (Lipinski definition) is 4. The quantitative estimate of drug-likeness (QED) is 0.0577. The number of hydrogen-bond acceptors (Lipinski definition) is 11. The molecule has 0 spiro atoms. The summed E-state index contributed by atoms with van der Waals surface area (Å²) >= 11 is 0. The molecule has 0 radical (unpaired) electrons. The summed E-state index contributed by atoms with van der Waals surface area (Å²) in [5.41, 5.74) is 1.53. The molecule has 4 aromatic carbocycles. The number of ether oxygens (including phenoxy) is 4. The molecule has 0 saturated carbocycles. The minimum atomic E-state index is -0.353. The second-order valence-electron chi connectivity index (χ2n) is 23.7. The molecule has 1 aliphatic heterocycles. The topological polar surface area (TPSA) is 201 Å². The number of aromatic amines is 4. The number of fused-ring (bicyclic) bond motifs is 20. The van der Waals surface area contributed by atoms with E-state index < -0.39 is 0 Å². The van der Waals surface area contributed by atoms with Crippen LogP contribution in [0.1, 0.15) is 142 Å². The van der Waals surface area contributed by atoms with Crippen molar-refractivity contribution >= 4 is 85.2 Å². The standard InChI is InChI=1S/C63H76N8O7/c1-29(2)48(30(3)4)75-52-46-47(53(76-49(31(5)6)32(7)8)55(78-51(35(13)14)36(15)16)54(52)77-50(33(9)10)34(11)12)63-70-61-45-42(25-37(26-72)43(27-73)44(45)28-74)60(69-61)67-58-39-22-18-17-21-38(39)56(65-58)64-57-40-23-19-20-24-41(40)59(66-57)68-62(46)71-63/h17-36,48-51H,1-16H3,(H4,64,65,66,67,68,69,70,71). The third-order valence-corrected chi connectivity index (χ3v) is 15.1. The van der Waals surface area contributed by atoms with Crippen LogP contribution in [-0.4, -0.2) is 63.2 Å². The van der Waals surface area contributed by atoms with Crippen LogP contribution in [0.5, 0.6) is 23.0 Å². The molecule has 78 heavy (non-hydrogen) atoms. The number of aromatic nitrogens is 4. The molecule has 0 aliphatic carbocycles. The van der Waals surface area contributed by atoms with Crippen molar-refractivity contribution in [1.82, 2.24) is 19.9 Å². The fourth-order valence-corrected chi connectivity index (χ4v) is 11.7. The zero-order chi connectivity index (χ0) is 56.2. The van der Waals surface area contributed by atoms with E-state index in [4.69, 9.17) is 38.9 Å². The summed E-state index contributed by atoms with van der Waals surface area (Å²) in [6, 6.07) is 17.3. The first kappa shape index (κ1) is 55.2. The van der Waals surface area contributed by atoms with E-state index in [1.54, 1.807) is 6.07 Å². The minimum absolute atomic E-state index is 0.0242. The van der Waals surface area contributed by atoms with Crippen LogP contribution in [0.3, 0.4) is 0 Å². The van der Waals surface area contributed by atoms with Gasteiger partial charge in [0, 0.05) is 49.0 Å². The molecule has 4 N–H and O–H groups in total. The Bertz CT molecular complexity index is 3820. The van der Waals surface area contributed by atoms with Crippen LogP contribution < -0.4 is 40.9 Å². The maximum absolute atomic E-state index is 13.5. The highest BCUT2D eigenvalue weighted by atomic mass is 16.6. The third-order valence-electron chi connectivity index (χ3n) is 15.1. The Morgan fingerprint density at radius 2 is 0.667 bits per heavy atom. The van der Waals surface area contributed by atoms with E-state index in [-0.39, 0.29) is 111 Å². The van der Waals surface area contributed by atoms with E-state index >= 15 is 0 Å². The van der Waals surface area contributed by atoms with Crippen molar-refractivity contribution in [3.8, 4) is 23.0 Å². The van der Waals surface area contributed by atoms with Gasteiger partial charge in [-0.05, 0) is 53.4 Å². The van der Waals surface area contributed by atoms with Crippen molar-refractivity contribution in [2.75, 3.05) is 0 Å². The van der Waals surface area contributed by atoms with Gasteiger partial charge in [-0.2, -0.15) is 0 Å². The average molecular weight is 1060 g/mol. The van der Waals surface area contributed by atoms with E-state index in [0.29, 0.717) is 86.1 Å². The summed E-state index contributed by atoms with van der Waals surface area (Å²) in [5.74, 6) is 3.43. The average Bonchev–Trinajstić information content (AvgIpc) is 4.32. The first-order chi connectivity index (χ1) is 37.2. The van der Waals surface area contributed by atoms with Crippen LogP contribution in [0.2, 0.25) is 0 Å². The van der Waals surface area contributed by atoms with Crippen molar-refractivity contribution in [3.05, 3.63) is 93.2 Å². The number of carbonyl (C=O) groups is 3. The molecule has 4 aromatic heterocycles. The Kier molecular flexibility index (Phi) is 15.6. The molecule has 0 amide bonds. The maximum Gasteiger partial charge on any atom is 0.208 e. The minimum Gasteiger partial charge on any atom is -0.485 e. The molecule has 15 heteroatoms. The van der Waals surface area contributed by atoms with Gasteiger partial charge in [0.2, 0.25) is 11.5 Å². The number of aldehydes is 3. The van der Waals surface area contributed by atoms with Gasteiger partial charge in [0.25, 0.3) is 0 Å². The molecule has 8 aromatic rings. The second kappa shape index (κ2) is 22.1. The fraction of sp³-hybridized carbons (Fsp3) is 0.444. The predicted molar refractivity (Wildman–Crippen MR) is 309 cm³/mol. The molecule has 1 aliphatic rings. The molecular weight excluding hydrogens is 981 g/mol. The maximum atomic E-state index is 13.5. The second-order valence-corrected chi connectivity index (χ2v) is 23.7. The Morgan fingerprint density at radius 1 is 0.346 bits per heavy atom. The molecule has 8 bridgehead atoms. The normalized spacial score (nSPS) is 13.0. The molecule has 9 rings (SSSR count). The Labute approximate surface area is 455 Å². The molecular formula is C63H76N8O7. The van der Waals surface area contributed by atoms with Crippen molar-refractivity contribution in [1.29, 1.82) is 0 Å². The van der Waals surface area contributed by atoms with Gasteiger partial charge in [-0.15, -0.1) is 0 Å². The molecule has 5 heterocycles. The highest BCUT2D eigenvalue weighted by Gasteiger charge is 2.38. The lowest BCUT2D eigenvalue weighted by Gasteiger charge is -2.35. The van der Waals surface area contributed by atoms with E-state index in [9.17, 15) is 14.4 Å². The van der Waals surface area contributed by atoms with Gasteiger partial charge in [0.05, 0.1) is 10.8 Å². The van der Waals surface area contributed by atoms with Gasteiger partial charge in [-0.3, -0.25) is 14.4 Å². The summed E-state index contributed by atoms with van der Waals surface area (Å²) in [6.45, 7) is 34.5. The smallest absolute Gasteiger partial charge is 0.208 e. The molecule has 0 fully saturated rings. The molecule has 0 atom stereocenters. The summed E-state index contributed by atoms with van der Waals surface area (Å²) in [7, 11) is 0. The molecule has 0 saturated heterocycles. The number of rotatable bonds is 19. The zero-order valence-electron chi connectivity index (χ0n) is 48.0. The Balaban J connectivity index is 1.62. The molecule has 0 unspecified atom stereocenters. The van der Waals surface area contributed by atoms with Crippen molar-refractivity contribution in [2.24, 2.45) is 67.3 Å². The lowest BCUT2D eigenvalue weighted by molar-refractivity contribution is 0.0542. The highest BCUT2D eigenvalue weighted by Crippen LogP contribution is 2.54. The summed E-state index contributed by atoms with van der Waals surface area (Å²) in [4.78, 5) is 75.1. The van der Waals surface area contributed by atoms with Crippen molar-refractivity contribution in [3.63, 3.8) is 0 Å². The summed E-state index contributed by atoms with van der Waals surface area (Å²) in [5, 5.41) is 4.86. The van der Waals surface area contributed by atoms with Crippen LogP contribution in [0.15, 0.2) is 74.6 Å². The SMILES string of the molecule is CC(C)C(Oc1c(OC(C(C)C)C(C)C)c(OC(C(C)C)C(C)C)c2c3[nH]c(c2c1OC(C(C)C)C(C)C)=Nc1[nH]c(c2ccccc12)N=c1[nH]c(c2ccccc12)=Nc1[nH]c(c2c(C=O)c(C=O)c(C=O)cc12)N=3)C(C)C. The summed E-state index contributed by atoms with van der Waals surface area (Å²) < 4.78 is 30.3. The first-order valence-electron chi connectivity index (χ1n) is 27.8. The first-order valence-corrected chi connectivity index (χ1v) is 27.8. The van der Waals surface area contributed by atoms with E-state index in [1.165, 1.54) is 0 Å². The van der Waals surface area contributed by atoms with Crippen LogP contribution in [-0.2, 0) is 0 Å². The largest absolute Gasteiger partial charge is 0.485 e.